The Kier molecular flexibility index (Phi) is 8.29. The number of hydrogen-bond acceptors (Lipinski definition) is 5. The molecule has 3 aromatic heterocycles. The average molecular weight is 651 g/mol. The lowest BCUT2D eigenvalue weighted by atomic mass is 9.90. The molecule has 8 rings (SSSR count). The molecule has 1 aliphatic rings. The van der Waals surface area contributed by atoms with Crippen LogP contribution in [-0.4, -0.2) is 43.4 Å². The molecule has 1 amide bonds. The van der Waals surface area contributed by atoms with E-state index in [1.165, 1.54) is 5.56 Å². The number of anilines is 1. The summed E-state index contributed by atoms with van der Waals surface area (Å²) in [4.78, 5) is 29.6. The molecule has 50 heavy (non-hydrogen) atoms. The van der Waals surface area contributed by atoms with Crippen molar-refractivity contribution >= 4 is 22.9 Å². The van der Waals surface area contributed by atoms with Crippen molar-refractivity contribution in [2.45, 2.75) is 5.92 Å². The Morgan fingerprint density at radius 1 is 0.620 bits per heavy atom. The lowest BCUT2D eigenvalue weighted by Gasteiger charge is -2.39. The lowest BCUT2D eigenvalue weighted by Crippen LogP contribution is -2.48. The highest BCUT2D eigenvalue weighted by molar-refractivity contribution is 5.95. The van der Waals surface area contributed by atoms with Crippen molar-refractivity contribution in [3.05, 3.63) is 175 Å². The van der Waals surface area contributed by atoms with E-state index in [-0.39, 0.29) is 11.8 Å². The Bertz CT molecular complexity index is 2340. The van der Waals surface area contributed by atoms with E-state index in [2.05, 4.69) is 58.1 Å². The number of likely N-dealkylation sites (tertiary alicyclic amines) is 1. The van der Waals surface area contributed by atoms with Crippen molar-refractivity contribution in [3.8, 4) is 39.5 Å². The molecule has 0 atom stereocenters. The predicted octanol–water partition coefficient (Wildman–Crippen LogP) is 8.76. The molecular weight excluding hydrogens is 617 g/mol. The molecular formula is C43H34N6O. The van der Waals surface area contributed by atoms with E-state index in [1.807, 2.05) is 114 Å². The van der Waals surface area contributed by atoms with Gasteiger partial charge in [-0.1, -0.05) is 109 Å². The molecule has 0 spiro atoms. The number of aromatic nitrogens is 4. The van der Waals surface area contributed by atoms with Gasteiger partial charge >= 0.3 is 0 Å². The summed E-state index contributed by atoms with van der Waals surface area (Å²) in [6.45, 7) is 1.35. The maximum Gasteiger partial charge on any atom is 0.253 e. The highest BCUT2D eigenvalue weighted by Gasteiger charge is 2.32. The number of imidazole rings is 1. The summed E-state index contributed by atoms with van der Waals surface area (Å²) in [6, 6.07) is 52.4. The standard InChI is InChI=1S/C43H34N6O/c44-40-37(16-11-27-45-40)41-47-39-26-25-38(33-14-9-6-10-15-33)46-42(39)49(41)36-23-21-32(22-24-36)35-28-48(29-35)43(50)34-19-17-31(18-20-34)30-12-7-4-2-1-3-5-8-13-30/h1-27,35H,28-29H2,(H2,44,45). The van der Waals surface area contributed by atoms with Gasteiger partial charge in [0.2, 0.25) is 0 Å². The zero-order valence-corrected chi connectivity index (χ0v) is 27.3. The summed E-state index contributed by atoms with van der Waals surface area (Å²) in [6.07, 6.45) is 1.68. The first-order valence-electron chi connectivity index (χ1n) is 16.7. The van der Waals surface area contributed by atoms with E-state index in [9.17, 15) is 4.79 Å². The van der Waals surface area contributed by atoms with E-state index >= 15 is 0 Å². The fourth-order valence-corrected chi connectivity index (χ4v) is 6.38. The van der Waals surface area contributed by atoms with Crippen LogP contribution in [0.2, 0.25) is 0 Å². The predicted molar refractivity (Wildman–Crippen MR) is 200 cm³/mol. The Labute approximate surface area is 290 Å². The van der Waals surface area contributed by atoms with E-state index < -0.39 is 0 Å². The van der Waals surface area contributed by atoms with Crippen LogP contribution in [0.15, 0.2) is 164 Å². The summed E-state index contributed by atoms with van der Waals surface area (Å²) in [7, 11) is 0. The normalized spacial score (nSPS) is 12.7. The van der Waals surface area contributed by atoms with Crippen molar-refractivity contribution in [1.82, 2.24) is 24.4 Å². The van der Waals surface area contributed by atoms with Gasteiger partial charge in [0.1, 0.15) is 11.3 Å². The van der Waals surface area contributed by atoms with Gasteiger partial charge in [0.15, 0.2) is 11.5 Å². The highest BCUT2D eigenvalue weighted by Crippen LogP contribution is 2.34. The number of pyridine rings is 2. The molecule has 2 N–H and O–H groups in total. The highest BCUT2D eigenvalue weighted by atomic mass is 16.2. The zero-order valence-electron chi connectivity index (χ0n) is 27.3. The topological polar surface area (TPSA) is 89.9 Å². The molecule has 4 heterocycles. The van der Waals surface area contributed by atoms with Crippen LogP contribution in [0.5, 0.6) is 0 Å². The summed E-state index contributed by atoms with van der Waals surface area (Å²) in [5.74, 6) is 1.40. The Morgan fingerprint density at radius 3 is 1.92 bits per heavy atom. The van der Waals surface area contributed by atoms with Crippen molar-refractivity contribution in [2.75, 3.05) is 18.8 Å². The van der Waals surface area contributed by atoms with Crippen LogP contribution in [0.4, 0.5) is 5.82 Å². The molecule has 7 heteroatoms. The van der Waals surface area contributed by atoms with Gasteiger partial charge in [-0.15, -0.1) is 0 Å². The lowest BCUT2D eigenvalue weighted by molar-refractivity contribution is 0.0602. The largest absolute Gasteiger partial charge is 0.383 e. The molecule has 1 saturated heterocycles. The van der Waals surface area contributed by atoms with Crippen molar-refractivity contribution in [3.63, 3.8) is 0 Å². The summed E-state index contributed by atoms with van der Waals surface area (Å²) < 4.78 is 2.05. The first kappa shape index (κ1) is 30.7. The van der Waals surface area contributed by atoms with Gasteiger partial charge in [-0.2, -0.15) is 0 Å². The van der Waals surface area contributed by atoms with Gasteiger partial charge in [0.25, 0.3) is 5.91 Å². The summed E-state index contributed by atoms with van der Waals surface area (Å²) >= 11 is 0. The Balaban J connectivity index is 1.03. The van der Waals surface area contributed by atoms with Crippen LogP contribution in [0.25, 0.3) is 50.6 Å². The molecule has 0 bridgehead atoms. The van der Waals surface area contributed by atoms with Crippen LogP contribution in [0.1, 0.15) is 21.8 Å². The van der Waals surface area contributed by atoms with Gasteiger partial charge < -0.3 is 10.6 Å². The molecule has 4 aromatic carbocycles. The van der Waals surface area contributed by atoms with Crippen LogP contribution in [0, 0.1) is 0 Å². The van der Waals surface area contributed by atoms with Gasteiger partial charge in [0, 0.05) is 42.0 Å². The second-order valence-electron chi connectivity index (χ2n) is 12.3. The van der Waals surface area contributed by atoms with Crippen LogP contribution < -0.4 is 5.73 Å². The number of nitrogen functional groups attached to an aromatic ring is 1. The molecule has 0 unspecified atom stereocenters. The summed E-state index contributed by atoms with van der Waals surface area (Å²) in [5.41, 5.74) is 15.4. The van der Waals surface area contributed by atoms with Crippen molar-refractivity contribution in [1.29, 1.82) is 0 Å². The van der Waals surface area contributed by atoms with Gasteiger partial charge in [-0.05, 0) is 65.2 Å². The van der Waals surface area contributed by atoms with Gasteiger partial charge in [-0.25, -0.2) is 15.0 Å². The summed E-state index contributed by atoms with van der Waals surface area (Å²) in [5, 5.41) is 0. The fraction of sp³-hybridized carbons (Fsp3) is 0.0698. The minimum atomic E-state index is 0.0525. The molecule has 0 saturated carbocycles. The average Bonchev–Trinajstić information content (AvgIpc) is 3.52. The molecule has 1 aliphatic heterocycles. The first-order valence-corrected chi connectivity index (χ1v) is 16.7. The Morgan fingerprint density at radius 2 is 1.24 bits per heavy atom. The van der Waals surface area contributed by atoms with E-state index in [1.54, 1.807) is 6.20 Å². The number of rotatable bonds is 6. The number of nitrogens with two attached hydrogens (primary N) is 1. The number of fused-ring (bicyclic) bond motifs is 1. The Hall–Kier alpha value is -6.60. The van der Waals surface area contributed by atoms with Crippen LogP contribution in [-0.2, 0) is 0 Å². The van der Waals surface area contributed by atoms with E-state index in [4.69, 9.17) is 15.7 Å². The molecule has 1 fully saturated rings. The third-order valence-corrected chi connectivity index (χ3v) is 9.13. The van der Waals surface area contributed by atoms with Crippen LogP contribution >= 0.6 is 0 Å². The third-order valence-electron chi connectivity index (χ3n) is 9.13. The van der Waals surface area contributed by atoms with Gasteiger partial charge in [0.05, 0.1) is 11.3 Å². The van der Waals surface area contributed by atoms with Crippen molar-refractivity contribution < 1.29 is 4.79 Å². The minimum absolute atomic E-state index is 0.0525. The number of nitrogens with zero attached hydrogens (tertiary/aromatic N) is 5. The fourth-order valence-electron chi connectivity index (χ4n) is 6.38. The second kappa shape index (κ2) is 13.5. The number of benzene rings is 3. The monoisotopic (exact) mass is 650 g/mol. The quantitative estimate of drug-likeness (QED) is 0.194. The number of carbonyl (C=O) groups is 1. The third kappa shape index (κ3) is 6.08. The van der Waals surface area contributed by atoms with Crippen LogP contribution in [0.3, 0.4) is 0 Å². The maximum atomic E-state index is 13.4. The smallest absolute Gasteiger partial charge is 0.253 e. The van der Waals surface area contributed by atoms with Gasteiger partial charge in [-0.3, -0.25) is 9.36 Å². The van der Waals surface area contributed by atoms with E-state index in [0.29, 0.717) is 30.3 Å². The minimum Gasteiger partial charge on any atom is -0.383 e. The number of hydrogen-bond donors (Lipinski definition) is 1. The maximum absolute atomic E-state index is 13.4. The van der Waals surface area contributed by atoms with Crippen molar-refractivity contribution in [2.24, 2.45) is 0 Å². The first-order chi connectivity index (χ1) is 24.6. The molecule has 7 aromatic rings. The molecule has 0 radical (unpaired) electrons. The molecule has 0 aliphatic carbocycles. The SMILES string of the molecule is Nc1ncccc1-c1nc2ccc(-c3ccccc3)nc2n1-c1ccc(C2CN(C(=O)c3ccc(-c4ccccccccc4)cc3)C2)cc1. The van der Waals surface area contributed by atoms with E-state index in [0.717, 1.165) is 44.8 Å². The zero-order chi connectivity index (χ0) is 33.9. The number of amides is 1. The molecule has 242 valence electrons. The second-order valence-corrected chi connectivity index (χ2v) is 12.3. The number of carbonyl (C=O) groups excluding carboxylic acids is 1. The molecule has 7 nitrogen and oxygen atoms in total.